The molecule has 1 aromatic carbocycles. The van der Waals surface area contributed by atoms with Crippen LogP contribution in [0.1, 0.15) is 22.3 Å². The van der Waals surface area contributed by atoms with Crippen molar-refractivity contribution in [1.82, 2.24) is 0 Å². The first-order valence-electron chi connectivity index (χ1n) is 5.11. The van der Waals surface area contributed by atoms with E-state index in [4.69, 9.17) is 9.47 Å². The van der Waals surface area contributed by atoms with Crippen molar-refractivity contribution < 1.29 is 19.1 Å². The zero-order valence-corrected chi connectivity index (χ0v) is 8.93. The van der Waals surface area contributed by atoms with Gasteiger partial charge in [0.15, 0.2) is 0 Å². The first-order valence-corrected chi connectivity index (χ1v) is 5.11. The van der Waals surface area contributed by atoms with Crippen LogP contribution in [0.3, 0.4) is 0 Å². The Morgan fingerprint density at radius 3 is 2.62 bits per heavy atom. The van der Waals surface area contributed by atoms with E-state index in [-0.39, 0.29) is 0 Å². The van der Waals surface area contributed by atoms with Crippen LogP contribution in [0, 0.1) is 6.92 Å². The second kappa shape index (κ2) is 4.35. The zero-order valence-electron chi connectivity index (χ0n) is 8.93. The van der Waals surface area contributed by atoms with Gasteiger partial charge in [0.2, 0.25) is 6.10 Å². The van der Waals surface area contributed by atoms with Gasteiger partial charge >= 0.3 is 11.9 Å². The van der Waals surface area contributed by atoms with Crippen molar-refractivity contribution in [2.45, 2.75) is 19.4 Å². The maximum atomic E-state index is 11.6. The third kappa shape index (κ3) is 2.21. The lowest BCUT2D eigenvalue weighted by atomic mass is 10.1. The molecule has 0 aromatic heterocycles. The average Bonchev–Trinajstić information content (AvgIpc) is 2.65. The number of rotatable bonds is 2. The molecular formula is C12H12O4. The molecule has 1 aliphatic rings. The molecule has 0 radical (unpaired) electrons. The SMILES string of the molecule is Cc1ccc(C(=O)O[C@H]2CCOC2=O)cc1. The fourth-order valence-corrected chi connectivity index (χ4v) is 1.47. The average molecular weight is 220 g/mol. The van der Waals surface area contributed by atoms with Crippen LogP contribution in [-0.2, 0) is 14.3 Å². The Labute approximate surface area is 93.2 Å². The molecule has 0 saturated carbocycles. The minimum absolute atomic E-state index is 0.324. The van der Waals surface area contributed by atoms with Crippen LogP contribution < -0.4 is 0 Å². The molecule has 0 bridgehead atoms. The van der Waals surface area contributed by atoms with Crippen molar-refractivity contribution in [2.24, 2.45) is 0 Å². The van der Waals surface area contributed by atoms with Gasteiger partial charge in [0.1, 0.15) is 0 Å². The predicted molar refractivity (Wildman–Crippen MR) is 56.0 cm³/mol. The zero-order chi connectivity index (χ0) is 11.5. The van der Waals surface area contributed by atoms with Crippen molar-refractivity contribution in [3.05, 3.63) is 35.4 Å². The number of ether oxygens (including phenoxy) is 2. The summed E-state index contributed by atoms with van der Waals surface area (Å²) < 4.78 is 9.74. The molecule has 0 N–H and O–H groups in total. The third-order valence-electron chi connectivity index (χ3n) is 2.42. The number of cyclic esters (lactones) is 1. The quantitative estimate of drug-likeness (QED) is 0.708. The van der Waals surface area contributed by atoms with Crippen molar-refractivity contribution in [2.75, 3.05) is 6.61 Å². The van der Waals surface area contributed by atoms with Crippen LogP contribution >= 0.6 is 0 Å². The van der Waals surface area contributed by atoms with E-state index in [0.717, 1.165) is 5.56 Å². The summed E-state index contributed by atoms with van der Waals surface area (Å²) in [5.74, 6) is -0.940. The summed E-state index contributed by atoms with van der Waals surface area (Å²) in [5, 5.41) is 0. The fraction of sp³-hybridized carbons (Fsp3) is 0.333. The fourth-order valence-electron chi connectivity index (χ4n) is 1.47. The molecule has 84 valence electrons. The summed E-state index contributed by atoms with van der Waals surface area (Å²) in [5.41, 5.74) is 1.52. The van der Waals surface area contributed by atoms with Crippen molar-refractivity contribution in [3.63, 3.8) is 0 Å². The number of hydrogen-bond donors (Lipinski definition) is 0. The summed E-state index contributed by atoms with van der Waals surface area (Å²) in [4.78, 5) is 22.7. The van der Waals surface area contributed by atoms with Gasteiger partial charge in [-0.2, -0.15) is 0 Å². The lowest BCUT2D eigenvalue weighted by Gasteiger charge is -2.08. The Bertz CT molecular complexity index is 408. The van der Waals surface area contributed by atoms with Gasteiger partial charge in [0.25, 0.3) is 0 Å². The third-order valence-corrected chi connectivity index (χ3v) is 2.42. The monoisotopic (exact) mass is 220 g/mol. The number of benzene rings is 1. The van der Waals surface area contributed by atoms with Crippen molar-refractivity contribution in [3.8, 4) is 0 Å². The summed E-state index contributed by atoms with van der Waals surface area (Å²) in [6.07, 6.45) is -0.301. The van der Waals surface area contributed by atoms with Crippen molar-refractivity contribution in [1.29, 1.82) is 0 Å². The molecule has 1 saturated heterocycles. The highest BCUT2D eigenvalue weighted by atomic mass is 16.6. The van der Waals surface area contributed by atoms with E-state index in [2.05, 4.69) is 0 Å². The predicted octanol–water partition coefficient (Wildman–Crippen LogP) is 1.47. The summed E-state index contributed by atoms with van der Waals surface area (Å²) in [6.45, 7) is 2.26. The van der Waals surface area contributed by atoms with Crippen LogP contribution in [-0.4, -0.2) is 24.6 Å². The summed E-state index contributed by atoms with van der Waals surface area (Å²) in [6, 6.07) is 7.00. The maximum Gasteiger partial charge on any atom is 0.347 e. The Balaban J connectivity index is 2.02. The molecule has 0 unspecified atom stereocenters. The molecule has 1 aliphatic heterocycles. The van der Waals surface area contributed by atoms with Crippen LogP contribution in [0.15, 0.2) is 24.3 Å². The molecule has 1 aromatic rings. The van der Waals surface area contributed by atoms with E-state index >= 15 is 0 Å². The van der Waals surface area contributed by atoms with Gasteiger partial charge in [-0.3, -0.25) is 0 Å². The minimum Gasteiger partial charge on any atom is -0.463 e. The highest BCUT2D eigenvalue weighted by molar-refractivity contribution is 5.91. The minimum atomic E-state index is -0.742. The highest BCUT2D eigenvalue weighted by Gasteiger charge is 2.30. The summed E-state index contributed by atoms with van der Waals surface area (Å²) in [7, 11) is 0. The first-order chi connectivity index (χ1) is 7.66. The van der Waals surface area contributed by atoms with E-state index < -0.39 is 18.0 Å². The van der Waals surface area contributed by atoms with E-state index in [9.17, 15) is 9.59 Å². The number of carbonyl (C=O) groups is 2. The van der Waals surface area contributed by atoms with Gasteiger partial charge in [-0.05, 0) is 19.1 Å². The molecule has 16 heavy (non-hydrogen) atoms. The van der Waals surface area contributed by atoms with Crippen LogP contribution in [0.25, 0.3) is 0 Å². The lowest BCUT2D eigenvalue weighted by molar-refractivity contribution is -0.145. The summed E-state index contributed by atoms with van der Waals surface area (Å²) >= 11 is 0. The standard InChI is InChI=1S/C12H12O4/c1-8-2-4-9(5-3-8)11(13)16-10-6-7-15-12(10)14/h2-5,10H,6-7H2,1H3/t10-/m0/s1. The number of esters is 2. The second-order valence-electron chi connectivity index (χ2n) is 3.72. The van der Waals surface area contributed by atoms with Gasteiger partial charge in [-0.1, -0.05) is 17.7 Å². The van der Waals surface area contributed by atoms with E-state index in [1.54, 1.807) is 12.1 Å². The molecule has 0 aliphatic carbocycles. The molecule has 1 fully saturated rings. The van der Waals surface area contributed by atoms with Crippen molar-refractivity contribution >= 4 is 11.9 Å². The topological polar surface area (TPSA) is 52.6 Å². The Morgan fingerprint density at radius 1 is 1.38 bits per heavy atom. The number of carbonyl (C=O) groups excluding carboxylic acids is 2. The Morgan fingerprint density at radius 2 is 2.06 bits per heavy atom. The molecule has 0 spiro atoms. The molecular weight excluding hydrogens is 208 g/mol. The van der Waals surface area contributed by atoms with Crippen LogP contribution in [0.5, 0.6) is 0 Å². The Kier molecular flexibility index (Phi) is 2.90. The molecule has 2 rings (SSSR count). The molecule has 4 nitrogen and oxygen atoms in total. The van der Waals surface area contributed by atoms with E-state index in [0.29, 0.717) is 18.6 Å². The molecule has 1 atom stereocenters. The number of hydrogen-bond acceptors (Lipinski definition) is 4. The molecule has 0 amide bonds. The van der Waals surface area contributed by atoms with Gasteiger partial charge in [0.05, 0.1) is 12.2 Å². The number of aryl methyl sites for hydroxylation is 1. The second-order valence-corrected chi connectivity index (χ2v) is 3.72. The van der Waals surface area contributed by atoms with E-state index in [1.807, 2.05) is 19.1 Å². The molecule has 1 heterocycles. The maximum absolute atomic E-state index is 11.6. The van der Waals surface area contributed by atoms with Gasteiger partial charge in [0, 0.05) is 6.42 Å². The first kappa shape index (κ1) is 10.7. The van der Waals surface area contributed by atoms with E-state index in [1.165, 1.54) is 0 Å². The lowest BCUT2D eigenvalue weighted by Crippen LogP contribution is -2.22. The van der Waals surface area contributed by atoms with Gasteiger partial charge in [-0.15, -0.1) is 0 Å². The molecule has 4 heteroatoms. The van der Waals surface area contributed by atoms with Crippen LogP contribution in [0.4, 0.5) is 0 Å². The Hall–Kier alpha value is -1.84. The van der Waals surface area contributed by atoms with Gasteiger partial charge in [-0.25, -0.2) is 9.59 Å². The smallest absolute Gasteiger partial charge is 0.347 e. The normalized spacial score (nSPS) is 19.3. The highest BCUT2D eigenvalue weighted by Crippen LogP contribution is 2.13. The van der Waals surface area contributed by atoms with Gasteiger partial charge < -0.3 is 9.47 Å². The largest absolute Gasteiger partial charge is 0.463 e. The van der Waals surface area contributed by atoms with Crippen LogP contribution in [0.2, 0.25) is 0 Å².